The summed E-state index contributed by atoms with van der Waals surface area (Å²) in [5, 5.41) is 0. The van der Waals surface area contributed by atoms with Crippen LogP contribution in [0.3, 0.4) is 0 Å². The molecule has 0 aliphatic rings. The van der Waals surface area contributed by atoms with Gasteiger partial charge < -0.3 is 10.5 Å². The van der Waals surface area contributed by atoms with E-state index in [0.717, 1.165) is 9.13 Å². The number of halogens is 1. The highest BCUT2D eigenvalue weighted by molar-refractivity contribution is 14.1. The van der Waals surface area contributed by atoms with Crippen molar-refractivity contribution in [1.82, 2.24) is 0 Å². The highest BCUT2D eigenvalue weighted by Gasteiger charge is 2.14. The molecule has 3 nitrogen and oxygen atoms in total. The summed E-state index contributed by atoms with van der Waals surface area (Å²) >= 11 is 2.15. The van der Waals surface area contributed by atoms with Crippen LogP contribution >= 0.6 is 22.6 Å². The van der Waals surface area contributed by atoms with Gasteiger partial charge in [-0.05, 0) is 47.2 Å². The minimum atomic E-state index is -0.337. The molecule has 14 heavy (non-hydrogen) atoms. The maximum atomic E-state index is 11.4. The molecule has 0 fully saturated rings. The minimum Gasteiger partial charge on any atom is -0.465 e. The first-order chi connectivity index (χ1) is 6.56. The van der Waals surface area contributed by atoms with Crippen molar-refractivity contribution >= 4 is 28.6 Å². The first kappa shape index (κ1) is 11.5. The highest BCUT2D eigenvalue weighted by Crippen LogP contribution is 2.19. The van der Waals surface area contributed by atoms with Crippen molar-refractivity contribution < 1.29 is 9.53 Å². The third-order valence-corrected chi connectivity index (χ3v) is 2.58. The van der Waals surface area contributed by atoms with E-state index in [4.69, 9.17) is 5.73 Å². The molecule has 1 aromatic carbocycles. The minimum absolute atomic E-state index is 0.166. The summed E-state index contributed by atoms with van der Waals surface area (Å²) in [6.07, 6.45) is 0. The summed E-state index contributed by atoms with van der Waals surface area (Å²) in [5.41, 5.74) is 7.11. The summed E-state index contributed by atoms with van der Waals surface area (Å²) < 4.78 is 5.68. The number of hydrogen-bond donors (Lipinski definition) is 1. The fraction of sp³-hybridized carbons (Fsp3) is 0.300. The van der Waals surface area contributed by atoms with E-state index in [1.807, 2.05) is 19.1 Å². The van der Waals surface area contributed by atoms with Gasteiger partial charge in [-0.3, -0.25) is 0 Å². The van der Waals surface area contributed by atoms with E-state index in [-0.39, 0.29) is 12.0 Å². The molecule has 0 heterocycles. The van der Waals surface area contributed by atoms with Crippen LogP contribution < -0.4 is 5.73 Å². The van der Waals surface area contributed by atoms with E-state index in [9.17, 15) is 4.79 Å². The van der Waals surface area contributed by atoms with Crippen molar-refractivity contribution in [3.63, 3.8) is 0 Å². The largest absolute Gasteiger partial charge is 0.465 e. The van der Waals surface area contributed by atoms with Crippen LogP contribution in [0.1, 0.15) is 28.9 Å². The number of carbonyl (C=O) groups is 1. The SMILES string of the molecule is COC(=O)c1cc(I)ccc1[C@@H](C)N. The van der Waals surface area contributed by atoms with Gasteiger partial charge in [0.1, 0.15) is 0 Å². The van der Waals surface area contributed by atoms with Crippen LogP contribution in [0.15, 0.2) is 18.2 Å². The van der Waals surface area contributed by atoms with Crippen LogP contribution in [0.25, 0.3) is 0 Å². The van der Waals surface area contributed by atoms with Crippen molar-refractivity contribution in [3.05, 3.63) is 32.9 Å². The third kappa shape index (κ3) is 2.45. The lowest BCUT2D eigenvalue weighted by Gasteiger charge is -2.11. The van der Waals surface area contributed by atoms with Gasteiger partial charge in [0, 0.05) is 9.61 Å². The van der Waals surface area contributed by atoms with E-state index in [1.54, 1.807) is 6.07 Å². The van der Waals surface area contributed by atoms with Gasteiger partial charge >= 0.3 is 5.97 Å². The van der Waals surface area contributed by atoms with Crippen LogP contribution in [-0.4, -0.2) is 13.1 Å². The highest BCUT2D eigenvalue weighted by atomic mass is 127. The van der Waals surface area contributed by atoms with Gasteiger partial charge in [-0.2, -0.15) is 0 Å². The first-order valence-electron chi connectivity index (χ1n) is 4.19. The molecule has 0 radical (unpaired) electrons. The maximum absolute atomic E-state index is 11.4. The predicted molar refractivity (Wildman–Crippen MR) is 63.1 cm³/mol. The smallest absolute Gasteiger partial charge is 0.338 e. The Morgan fingerprint density at radius 2 is 2.21 bits per heavy atom. The first-order valence-corrected chi connectivity index (χ1v) is 5.27. The number of nitrogens with two attached hydrogens (primary N) is 1. The summed E-state index contributed by atoms with van der Waals surface area (Å²) in [7, 11) is 1.37. The van der Waals surface area contributed by atoms with Crippen LogP contribution in [0.2, 0.25) is 0 Å². The fourth-order valence-electron chi connectivity index (χ4n) is 1.21. The topological polar surface area (TPSA) is 52.3 Å². The second-order valence-electron chi connectivity index (χ2n) is 3.01. The zero-order valence-corrected chi connectivity index (χ0v) is 10.2. The Bertz CT molecular complexity index is 350. The lowest BCUT2D eigenvalue weighted by atomic mass is 10.0. The molecule has 1 aromatic rings. The molecule has 0 saturated heterocycles. The molecule has 1 atom stereocenters. The molecule has 0 spiro atoms. The number of esters is 1. The molecule has 0 aliphatic heterocycles. The molecule has 0 bridgehead atoms. The average molecular weight is 305 g/mol. The Kier molecular flexibility index (Phi) is 3.88. The zero-order valence-electron chi connectivity index (χ0n) is 8.08. The third-order valence-electron chi connectivity index (χ3n) is 1.91. The van der Waals surface area contributed by atoms with Crippen molar-refractivity contribution in [3.8, 4) is 0 Å². The van der Waals surface area contributed by atoms with Crippen LogP contribution in [-0.2, 0) is 4.74 Å². The molecule has 0 aliphatic carbocycles. The van der Waals surface area contributed by atoms with E-state index in [2.05, 4.69) is 27.3 Å². The molecule has 0 amide bonds. The molecular formula is C10H12INO2. The second kappa shape index (κ2) is 4.75. The summed E-state index contributed by atoms with van der Waals surface area (Å²) in [6.45, 7) is 1.84. The molecule has 1 rings (SSSR count). The Morgan fingerprint density at radius 3 is 2.71 bits per heavy atom. The van der Waals surface area contributed by atoms with Gasteiger partial charge in [0.25, 0.3) is 0 Å². The lowest BCUT2D eigenvalue weighted by molar-refractivity contribution is 0.0599. The van der Waals surface area contributed by atoms with Gasteiger partial charge in [0.2, 0.25) is 0 Å². The van der Waals surface area contributed by atoms with Crippen LogP contribution in [0, 0.1) is 3.57 Å². The Labute approximate surface area is 96.8 Å². The van der Waals surface area contributed by atoms with Gasteiger partial charge in [-0.25, -0.2) is 4.79 Å². The van der Waals surface area contributed by atoms with E-state index in [0.29, 0.717) is 5.56 Å². The van der Waals surface area contributed by atoms with Crippen molar-refractivity contribution in [2.45, 2.75) is 13.0 Å². The van der Waals surface area contributed by atoms with Crippen molar-refractivity contribution in [2.24, 2.45) is 5.73 Å². The molecular weight excluding hydrogens is 293 g/mol. The monoisotopic (exact) mass is 305 g/mol. The molecule has 4 heteroatoms. The lowest BCUT2D eigenvalue weighted by Crippen LogP contribution is -2.13. The molecule has 0 aromatic heterocycles. The summed E-state index contributed by atoms with van der Waals surface area (Å²) in [4.78, 5) is 11.4. The normalized spacial score (nSPS) is 12.3. The maximum Gasteiger partial charge on any atom is 0.338 e. The predicted octanol–water partition coefficient (Wildman–Crippen LogP) is 2.10. The fourth-order valence-corrected chi connectivity index (χ4v) is 1.70. The van der Waals surface area contributed by atoms with E-state index < -0.39 is 0 Å². The summed E-state index contributed by atoms with van der Waals surface area (Å²) in [6, 6.07) is 5.40. The van der Waals surface area contributed by atoms with E-state index >= 15 is 0 Å². The standard InChI is InChI=1S/C10H12INO2/c1-6(12)8-4-3-7(11)5-9(8)10(13)14-2/h3-6H,12H2,1-2H3/t6-/m1/s1. The number of methoxy groups -OCH3 is 1. The molecule has 76 valence electrons. The average Bonchev–Trinajstić information content (AvgIpc) is 2.16. The number of hydrogen-bond acceptors (Lipinski definition) is 3. The van der Waals surface area contributed by atoms with Gasteiger partial charge in [-0.1, -0.05) is 6.07 Å². The van der Waals surface area contributed by atoms with Crippen molar-refractivity contribution in [1.29, 1.82) is 0 Å². The van der Waals surface area contributed by atoms with Crippen LogP contribution in [0.4, 0.5) is 0 Å². The Balaban J connectivity index is 3.22. The van der Waals surface area contributed by atoms with E-state index in [1.165, 1.54) is 7.11 Å². The molecule has 0 unspecified atom stereocenters. The number of carbonyl (C=O) groups excluding carboxylic acids is 1. The van der Waals surface area contributed by atoms with Gasteiger partial charge in [-0.15, -0.1) is 0 Å². The van der Waals surface area contributed by atoms with Gasteiger partial charge in [0.15, 0.2) is 0 Å². The Hall–Kier alpha value is -0.620. The quantitative estimate of drug-likeness (QED) is 0.672. The van der Waals surface area contributed by atoms with Crippen LogP contribution in [0.5, 0.6) is 0 Å². The van der Waals surface area contributed by atoms with Gasteiger partial charge in [0.05, 0.1) is 12.7 Å². The number of rotatable bonds is 2. The number of ether oxygens (including phenoxy) is 1. The number of benzene rings is 1. The molecule has 0 saturated carbocycles. The summed E-state index contributed by atoms with van der Waals surface area (Å²) in [5.74, 6) is -0.337. The Morgan fingerprint density at radius 1 is 1.57 bits per heavy atom. The molecule has 2 N–H and O–H groups in total. The zero-order chi connectivity index (χ0) is 10.7. The van der Waals surface area contributed by atoms with Crippen molar-refractivity contribution in [2.75, 3.05) is 7.11 Å². The second-order valence-corrected chi connectivity index (χ2v) is 4.26.